The highest BCUT2D eigenvalue weighted by molar-refractivity contribution is 7.80. The first-order valence-corrected chi connectivity index (χ1v) is 7.26. The first kappa shape index (κ1) is 28.4. The van der Waals surface area contributed by atoms with Crippen LogP contribution in [-0.2, 0) is 0 Å². The zero-order chi connectivity index (χ0) is 15.8. The molecule has 146 valence electrons. The molecule has 0 amide bonds. The molecule has 2 aromatic rings. The van der Waals surface area contributed by atoms with Crippen molar-refractivity contribution in [2.45, 2.75) is 29.7 Å². The average Bonchev–Trinajstić information content (AvgIpc) is 2.55. The van der Waals surface area contributed by atoms with Gasteiger partial charge in [-0.25, -0.2) is 4.79 Å². The maximum Gasteiger partial charge on any atom is 0.343 e. The highest BCUT2D eigenvalue weighted by atomic mass is 32.1. The number of hydrogen-bond donors (Lipinski definition) is 1. The summed E-state index contributed by atoms with van der Waals surface area (Å²) in [7, 11) is 0. The maximum absolute atomic E-state index is 12.0. The summed E-state index contributed by atoms with van der Waals surface area (Å²) in [6.45, 7) is 4.01. The highest BCUT2D eigenvalue weighted by Gasteiger charge is 2.08. The Morgan fingerprint density at radius 3 is 1.81 bits per heavy atom. The topological polar surface area (TPSA) is 44.8 Å². The van der Waals surface area contributed by atoms with Crippen molar-refractivity contribution in [2.24, 2.45) is 0 Å². The largest absolute Gasteiger partial charge is 0.490 e. The smallest absolute Gasteiger partial charge is 0.343 e. The number of rotatable bonds is 7. The molecular formula is C21H32O4S. The third-order valence-corrected chi connectivity index (χ3v) is 2.85. The van der Waals surface area contributed by atoms with E-state index in [4.69, 9.17) is 14.2 Å². The van der Waals surface area contributed by atoms with E-state index in [9.17, 15) is 4.79 Å². The molecule has 0 atom stereocenters. The minimum Gasteiger partial charge on any atom is -0.490 e. The summed E-state index contributed by atoms with van der Waals surface area (Å²) in [6.07, 6.45) is 1.66. The third-order valence-electron chi connectivity index (χ3n) is 2.72. The van der Waals surface area contributed by atoms with Gasteiger partial charge in [-0.3, -0.25) is 0 Å². The number of thiol groups is 1. The SMILES string of the molecule is C.C.C.C.C=CCOc1ccc(OC(=O)c2ccc(OCS)cc2)cc1. The maximum atomic E-state index is 12.0. The van der Waals surface area contributed by atoms with E-state index in [2.05, 4.69) is 19.2 Å². The van der Waals surface area contributed by atoms with Gasteiger partial charge < -0.3 is 14.2 Å². The first-order chi connectivity index (χ1) is 10.7. The lowest BCUT2D eigenvalue weighted by molar-refractivity contribution is 0.0734. The van der Waals surface area contributed by atoms with Gasteiger partial charge in [0.15, 0.2) is 0 Å². The Kier molecular flexibility index (Phi) is 16.3. The summed E-state index contributed by atoms with van der Waals surface area (Å²) in [5.41, 5.74) is 0.443. The van der Waals surface area contributed by atoms with Crippen molar-refractivity contribution < 1.29 is 19.0 Å². The minimum absolute atomic E-state index is 0. The van der Waals surface area contributed by atoms with Crippen molar-refractivity contribution in [1.29, 1.82) is 0 Å². The zero-order valence-corrected chi connectivity index (χ0v) is 12.8. The molecule has 0 N–H and O–H groups in total. The molecule has 4 nitrogen and oxygen atoms in total. The van der Waals surface area contributed by atoms with Crippen molar-refractivity contribution in [3.05, 3.63) is 66.7 Å². The molecule has 0 saturated heterocycles. The molecule has 0 fully saturated rings. The summed E-state index contributed by atoms with van der Waals surface area (Å²) < 4.78 is 15.8. The highest BCUT2D eigenvalue weighted by Crippen LogP contribution is 2.19. The van der Waals surface area contributed by atoms with E-state index in [1.54, 1.807) is 54.6 Å². The molecule has 5 heteroatoms. The van der Waals surface area contributed by atoms with Gasteiger partial charge in [0.2, 0.25) is 0 Å². The normalized spacial score (nSPS) is 8.35. The second-order valence-corrected chi connectivity index (χ2v) is 4.52. The first-order valence-electron chi connectivity index (χ1n) is 6.62. The Balaban J connectivity index is -0.00000132. The van der Waals surface area contributed by atoms with Gasteiger partial charge in [-0.15, -0.1) is 12.6 Å². The van der Waals surface area contributed by atoms with Crippen LogP contribution >= 0.6 is 12.6 Å². The van der Waals surface area contributed by atoms with E-state index in [1.165, 1.54) is 0 Å². The van der Waals surface area contributed by atoms with Crippen LogP contribution in [-0.4, -0.2) is 18.5 Å². The molecule has 0 saturated carbocycles. The van der Waals surface area contributed by atoms with Crippen molar-refractivity contribution in [2.75, 3.05) is 12.5 Å². The van der Waals surface area contributed by atoms with Gasteiger partial charge in [0.25, 0.3) is 0 Å². The standard InChI is InChI=1S/C17H16O4S.4CH4/c1-2-11-19-14-7-9-16(10-8-14)21-17(18)13-3-5-15(6-4-13)20-12-22;;;;/h2-10,22H,1,11-12H2;4*1H4. The molecule has 0 spiro atoms. The average molecular weight is 381 g/mol. The predicted molar refractivity (Wildman–Crippen MR) is 115 cm³/mol. The lowest BCUT2D eigenvalue weighted by atomic mass is 10.2. The molecule has 2 rings (SSSR count). The van der Waals surface area contributed by atoms with Gasteiger partial charge in [-0.2, -0.15) is 0 Å². The molecule has 2 aromatic carbocycles. The number of ether oxygens (including phenoxy) is 3. The van der Waals surface area contributed by atoms with E-state index in [-0.39, 0.29) is 35.6 Å². The predicted octanol–water partition coefficient (Wildman–Crippen LogP) is 6.28. The molecule has 26 heavy (non-hydrogen) atoms. The minimum atomic E-state index is -0.433. The lowest BCUT2D eigenvalue weighted by Crippen LogP contribution is -2.08. The quantitative estimate of drug-likeness (QED) is 0.202. The number of esters is 1. The Bertz CT molecular complexity index is 621. The fourth-order valence-corrected chi connectivity index (χ4v) is 1.84. The van der Waals surface area contributed by atoms with Gasteiger partial charge in [-0.1, -0.05) is 42.4 Å². The Morgan fingerprint density at radius 2 is 1.31 bits per heavy atom. The van der Waals surface area contributed by atoms with E-state index in [1.807, 2.05) is 0 Å². The molecule has 0 bridgehead atoms. The Labute approximate surface area is 164 Å². The van der Waals surface area contributed by atoms with Gasteiger partial charge in [0.1, 0.15) is 29.8 Å². The van der Waals surface area contributed by atoms with E-state index in [0.29, 0.717) is 29.4 Å². The molecule has 0 heterocycles. The number of carbonyl (C=O) groups is 1. The second-order valence-electron chi connectivity index (χ2n) is 4.26. The van der Waals surface area contributed by atoms with Crippen LogP contribution in [0, 0.1) is 0 Å². The fraction of sp³-hybridized carbons (Fsp3) is 0.286. The van der Waals surface area contributed by atoms with E-state index < -0.39 is 5.97 Å². The van der Waals surface area contributed by atoms with Crippen LogP contribution in [0.1, 0.15) is 40.1 Å². The number of hydrogen-bond acceptors (Lipinski definition) is 5. The van der Waals surface area contributed by atoms with Gasteiger partial charge in [-0.05, 0) is 48.5 Å². The third kappa shape index (κ3) is 8.62. The summed E-state index contributed by atoms with van der Waals surface area (Å²) in [5.74, 6) is 1.64. The number of carbonyl (C=O) groups excluding carboxylic acids is 1. The van der Waals surface area contributed by atoms with Crippen LogP contribution < -0.4 is 14.2 Å². The van der Waals surface area contributed by atoms with Crippen molar-refractivity contribution in [3.8, 4) is 17.2 Å². The molecule has 0 radical (unpaired) electrons. The number of benzene rings is 2. The fourth-order valence-electron chi connectivity index (χ4n) is 1.69. The van der Waals surface area contributed by atoms with Gasteiger partial charge >= 0.3 is 5.97 Å². The lowest BCUT2D eigenvalue weighted by Gasteiger charge is -2.07. The summed E-state index contributed by atoms with van der Waals surface area (Å²) in [6, 6.07) is 13.5. The van der Waals surface area contributed by atoms with Crippen LogP contribution in [0.25, 0.3) is 0 Å². The van der Waals surface area contributed by atoms with Crippen molar-refractivity contribution in [1.82, 2.24) is 0 Å². The van der Waals surface area contributed by atoms with Crippen LogP contribution in [0.2, 0.25) is 0 Å². The van der Waals surface area contributed by atoms with Crippen LogP contribution in [0.15, 0.2) is 61.2 Å². The summed E-state index contributed by atoms with van der Waals surface area (Å²) in [4.78, 5) is 12.0. The Morgan fingerprint density at radius 1 is 0.846 bits per heavy atom. The monoisotopic (exact) mass is 380 g/mol. The molecular weight excluding hydrogens is 348 g/mol. The van der Waals surface area contributed by atoms with Crippen LogP contribution in [0.4, 0.5) is 0 Å². The van der Waals surface area contributed by atoms with Gasteiger partial charge in [0.05, 0.1) is 5.56 Å². The molecule has 0 unspecified atom stereocenters. The van der Waals surface area contributed by atoms with E-state index >= 15 is 0 Å². The summed E-state index contributed by atoms with van der Waals surface area (Å²) >= 11 is 3.96. The molecule has 0 aliphatic heterocycles. The molecule has 0 aliphatic rings. The van der Waals surface area contributed by atoms with Crippen LogP contribution in [0.5, 0.6) is 17.2 Å². The summed E-state index contributed by atoms with van der Waals surface area (Å²) in [5, 5.41) is 0. The van der Waals surface area contributed by atoms with Gasteiger partial charge in [0, 0.05) is 0 Å². The van der Waals surface area contributed by atoms with Crippen molar-refractivity contribution in [3.63, 3.8) is 0 Å². The molecule has 0 aliphatic carbocycles. The second kappa shape index (κ2) is 14.9. The van der Waals surface area contributed by atoms with Crippen LogP contribution in [0.3, 0.4) is 0 Å². The van der Waals surface area contributed by atoms with Crippen molar-refractivity contribution >= 4 is 18.6 Å². The zero-order valence-electron chi connectivity index (χ0n) is 11.9. The molecule has 0 aromatic heterocycles. The Hall–Kier alpha value is -2.40. The van der Waals surface area contributed by atoms with E-state index in [0.717, 1.165) is 0 Å².